The topological polar surface area (TPSA) is 75.5 Å². The predicted molar refractivity (Wildman–Crippen MR) is 139 cm³/mol. The van der Waals surface area contributed by atoms with Gasteiger partial charge in [0.1, 0.15) is 0 Å². The van der Waals surface area contributed by atoms with E-state index in [2.05, 4.69) is 0 Å². The summed E-state index contributed by atoms with van der Waals surface area (Å²) in [5, 5.41) is 2.98. The van der Waals surface area contributed by atoms with E-state index in [9.17, 15) is 14.4 Å². The van der Waals surface area contributed by atoms with Crippen molar-refractivity contribution in [3.63, 3.8) is 0 Å². The van der Waals surface area contributed by atoms with E-state index in [1.54, 1.807) is 20.4 Å². The Hall–Kier alpha value is -3.43. The second-order valence-corrected chi connectivity index (χ2v) is 10.1. The lowest BCUT2D eigenvalue weighted by Gasteiger charge is -2.34. The van der Waals surface area contributed by atoms with Gasteiger partial charge in [-0.25, -0.2) is 4.98 Å². The van der Waals surface area contributed by atoms with Crippen molar-refractivity contribution in [3.05, 3.63) is 92.9 Å². The summed E-state index contributed by atoms with van der Waals surface area (Å²) in [4.78, 5) is 47.8. The Morgan fingerprint density at radius 1 is 0.886 bits per heavy atom. The zero-order valence-corrected chi connectivity index (χ0v) is 20.6. The number of aromatic nitrogens is 2. The molecule has 4 aromatic rings. The van der Waals surface area contributed by atoms with Gasteiger partial charge in [-0.3, -0.25) is 19.0 Å². The molecule has 1 fully saturated rings. The molecule has 1 aliphatic heterocycles. The van der Waals surface area contributed by atoms with Gasteiger partial charge >= 0.3 is 0 Å². The second kappa shape index (κ2) is 10.5. The van der Waals surface area contributed by atoms with E-state index in [1.807, 2.05) is 66.0 Å². The second-order valence-electron chi connectivity index (χ2n) is 8.23. The molecule has 0 bridgehead atoms. The van der Waals surface area contributed by atoms with Gasteiger partial charge in [0.25, 0.3) is 11.5 Å². The lowest BCUT2D eigenvalue weighted by molar-refractivity contribution is -0.129. The summed E-state index contributed by atoms with van der Waals surface area (Å²) < 4.78 is 1.65. The Morgan fingerprint density at radius 2 is 1.60 bits per heavy atom. The van der Waals surface area contributed by atoms with Gasteiger partial charge in [-0.2, -0.15) is 0 Å². The molecule has 9 heteroatoms. The molecule has 2 aromatic carbocycles. The number of carbonyl (C=O) groups is 2. The van der Waals surface area contributed by atoms with Crippen LogP contribution in [-0.2, 0) is 11.3 Å². The number of thiophene rings is 1. The van der Waals surface area contributed by atoms with Crippen LogP contribution in [0, 0.1) is 0 Å². The van der Waals surface area contributed by atoms with Gasteiger partial charge in [0, 0.05) is 26.2 Å². The predicted octanol–water partition coefficient (Wildman–Crippen LogP) is 3.58. The molecule has 0 unspecified atom stereocenters. The number of fused-ring (bicyclic) bond motifs is 1. The Morgan fingerprint density at radius 3 is 2.34 bits per heavy atom. The number of hydrogen-bond acceptors (Lipinski definition) is 6. The highest BCUT2D eigenvalue weighted by Gasteiger charge is 2.25. The SMILES string of the molecule is O=C(CSc1nc2ccccc2c(=O)n1Cc1ccccc1)N1CCN(C(=O)c2cccs2)CC1. The summed E-state index contributed by atoms with van der Waals surface area (Å²) >= 11 is 2.72. The molecule has 0 atom stereocenters. The van der Waals surface area contributed by atoms with E-state index in [1.165, 1.54) is 23.1 Å². The maximum absolute atomic E-state index is 13.3. The van der Waals surface area contributed by atoms with Gasteiger partial charge in [0.05, 0.1) is 28.1 Å². The first-order valence-electron chi connectivity index (χ1n) is 11.4. The molecule has 0 N–H and O–H groups in total. The van der Waals surface area contributed by atoms with Gasteiger partial charge in [-0.1, -0.05) is 60.3 Å². The highest BCUT2D eigenvalue weighted by atomic mass is 32.2. The molecular weight excluding hydrogens is 480 g/mol. The normalized spacial score (nSPS) is 13.8. The number of piperazine rings is 1. The van der Waals surface area contributed by atoms with E-state index in [-0.39, 0.29) is 23.1 Å². The maximum Gasteiger partial charge on any atom is 0.264 e. The molecule has 7 nitrogen and oxygen atoms in total. The van der Waals surface area contributed by atoms with Gasteiger partial charge in [0.15, 0.2) is 5.16 Å². The van der Waals surface area contributed by atoms with Gasteiger partial charge in [-0.15, -0.1) is 11.3 Å². The monoisotopic (exact) mass is 504 g/mol. The van der Waals surface area contributed by atoms with Crippen LogP contribution in [0.15, 0.2) is 82.1 Å². The van der Waals surface area contributed by atoms with Crippen LogP contribution >= 0.6 is 23.1 Å². The molecule has 2 aromatic heterocycles. The number of rotatable bonds is 6. The van der Waals surface area contributed by atoms with Gasteiger partial charge < -0.3 is 9.80 Å². The van der Waals surface area contributed by atoms with Crippen molar-refractivity contribution >= 4 is 45.8 Å². The molecule has 2 amide bonds. The highest BCUT2D eigenvalue weighted by Crippen LogP contribution is 2.20. The summed E-state index contributed by atoms with van der Waals surface area (Å²) in [5.74, 6) is 0.178. The zero-order valence-electron chi connectivity index (χ0n) is 19.0. The highest BCUT2D eigenvalue weighted by molar-refractivity contribution is 7.99. The van der Waals surface area contributed by atoms with Crippen LogP contribution in [0.5, 0.6) is 0 Å². The Labute approximate surface area is 211 Å². The van der Waals surface area contributed by atoms with Crippen molar-refractivity contribution < 1.29 is 9.59 Å². The van der Waals surface area contributed by atoms with Gasteiger partial charge in [0.2, 0.25) is 5.91 Å². The first kappa shape index (κ1) is 23.3. The first-order chi connectivity index (χ1) is 17.1. The summed E-state index contributed by atoms with van der Waals surface area (Å²) in [6.45, 7) is 2.41. The number of benzene rings is 2. The number of amides is 2. The maximum atomic E-state index is 13.3. The van der Waals surface area contributed by atoms with Crippen LogP contribution in [0.1, 0.15) is 15.2 Å². The summed E-state index contributed by atoms with van der Waals surface area (Å²) in [6.07, 6.45) is 0. The van der Waals surface area contributed by atoms with Crippen molar-refractivity contribution in [2.45, 2.75) is 11.7 Å². The Kier molecular flexibility index (Phi) is 6.96. The Balaban J connectivity index is 1.29. The fourth-order valence-electron chi connectivity index (χ4n) is 4.10. The number of thioether (sulfide) groups is 1. The number of nitrogens with zero attached hydrogens (tertiary/aromatic N) is 4. The van der Waals surface area contributed by atoms with E-state index in [0.717, 1.165) is 10.4 Å². The van der Waals surface area contributed by atoms with Crippen molar-refractivity contribution in [3.8, 4) is 0 Å². The minimum absolute atomic E-state index is 0.0202. The molecule has 0 aliphatic carbocycles. The van der Waals surface area contributed by atoms with Crippen molar-refractivity contribution in [2.75, 3.05) is 31.9 Å². The number of hydrogen-bond donors (Lipinski definition) is 0. The minimum Gasteiger partial charge on any atom is -0.338 e. The van der Waals surface area contributed by atoms with Crippen molar-refractivity contribution in [1.82, 2.24) is 19.4 Å². The standard InChI is InChI=1S/C26H24N4O3S2/c31-23(28-12-14-29(15-13-28)25(33)22-11-6-16-34-22)18-35-26-27-21-10-5-4-9-20(21)24(32)30(26)17-19-7-2-1-3-8-19/h1-11,16H,12-15,17-18H2. The zero-order chi connectivity index (χ0) is 24.2. The third kappa shape index (κ3) is 5.16. The molecule has 178 valence electrons. The van der Waals surface area contributed by atoms with E-state index >= 15 is 0 Å². The summed E-state index contributed by atoms with van der Waals surface area (Å²) in [6, 6.07) is 20.7. The fourth-order valence-corrected chi connectivity index (χ4v) is 5.69. The third-order valence-corrected chi connectivity index (χ3v) is 7.81. The number of carbonyl (C=O) groups excluding carboxylic acids is 2. The van der Waals surface area contributed by atoms with Crippen LogP contribution in [0.4, 0.5) is 0 Å². The van der Waals surface area contributed by atoms with E-state index in [4.69, 9.17) is 4.98 Å². The number of para-hydroxylation sites is 1. The van der Waals surface area contributed by atoms with Crippen LogP contribution in [-0.4, -0.2) is 63.1 Å². The molecule has 3 heterocycles. The third-order valence-electron chi connectivity index (χ3n) is 5.99. The average molecular weight is 505 g/mol. The molecule has 0 radical (unpaired) electrons. The molecule has 0 spiro atoms. The first-order valence-corrected chi connectivity index (χ1v) is 13.2. The molecular formula is C26H24N4O3S2. The minimum atomic E-state index is -0.116. The lowest BCUT2D eigenvalue weighted by Crippen LogP contribution is -2.51. The smallest absolute Gasteiger partial charge is 0.264 e. The van der Waals surface area contributed by atoms with E-state index < -0.39 is 0 Å². The van der Waals surface area contributed by atoms with Crippen LogP contribution in [0.25, 0.3) is 10.9 Å². The van der Waals surface area contributed by atoms with Crippen molar-refractivity contribution in [2.24, 2.45) is 0 Å². The van der Waals surface area contributed by atoms with Crippen LogP contribution < -0.4 is 5.56 Å². The molecule has 0 saturated carbocycles. The molecule has 1 saturated heterocycles. The van der Waals surface area contributed by atoms with Crippen LogP contribution in [0.2, 0.25) is 0 Å². The largest absolute Gasteiger partial charge is 0.338 e. The van der Waals surface area contributed by atoms with Crippen molar-refractivity contribution in [1.29, 1.82) is 0 Å². The van der Waals surface area contributed by atoms with Crippen LogP contribution in [0.3, 0.4) is 0 Å². The molecule has 5 rings (SSSR count). The summed E-state index contributed by atoms with van der Waals surface area (Å²) in [7, 11) is 0. The average Bonchev–Trinajstić information content (AvgIpc) is 3.45. The Bertz CT molecular complexity index is 1400. The van der Waals surface area contributed by atoms with E-state index in [0.29, 0.717) is 48.8 Å². The molecule has 1 aliphatic rings. The fraction of sp³-hybridized carbons (Fsp3) is 0.231. The quantitative estimate of drug-likeness (QED) is 0.296. The molecule has 35 heavy (non-hydrogen) atoms. The lowest BCUT2D eigenvalue weighted by atomic mass is 10.2. The van der Waals surface area contributed by atoms with Gasteiger partial charge in [-0.05, 0) is 29.1 Å². The summed E-state index contributed by atoms with van der Waals surface area (Å²) in [5.41, 5.74) is 1.50.